The van der Waals surface area contributed by atoms with E-state index < -0.39 is 0 Å². The molecule has 1 heterocycles. The first-order valence-electron chi connectivity index (χ1n) is 5.98. The van der Waals surface area contributed by atoms with Crippen molar-refractivity contribution in [3.63, 3.8) is 0 Å². The lowest BCUT2D eigenvalue weighted by Crippen LogP contribution is -2.37. The third kappa shape index (κ3) is 2.82. The zero-order chi connectivity index (χ0) is 10.7. The summed E-state index contributed by atoms with van der Waals surface area (Å²) in [5.41, 5.74) is 1.49. The van der Waals surface area contributed by atoms with Crippen LogP contribution in [-0.2, 0) is 6.42 Å². The second kappa shape index (κ2) is 4.80. The minimum Gasteiger partial charge on any atom is -0.306 e. The fourth-order valence-corrected chi connectivity index (χ4v) is 2.51. The van der Waals surface area contributed by atoms with Crippen LogP contribution in [0.5, 0.6) is 0 Å². The average molecular weight is 203 g/mol. The Labute approximate surface area is 93.1 Å². The molecule has 0 bridgehead atoms. The average Bonchev–Trinajstić information content (AvgIpc) is 2.25. The summed E-state index contributed by atoms with van der Waals surface area (Å²) in [6.07, 6.45) is 2.60. The molecular formula is C14H21N. The molecule has 0 saturated carbocycles. The summed E-state index contributed by atoms with van der Waals surface area (Å²) < 4.78 is 0. The first-order chi connectivity index (χ1) is 7.25. The van der Waals surface area contributed by atoms with Gasteiger partial charge >= 0.3 is 0 Å². The second-order valence-electron chi connectivity index (χ2n) is 4.98. The maximum atomic E-state index is 2.47. The van der Waals surface area contributed by atoms with Crippen LogP contribution in [0.2, 0.25) is 0 Å². The van der Waals surface area contributed by atoms with E-state index in [1.807, 2.05) is 0 Å². The van der Waals surface area contributed by atoms with Gasteiger partial charge in [-0.3, -0.25) is 0 Å². The Balaban J connectivity index is 1.98. The number of nitrogens with zero attached hydrogens (tertiary/aromatic N) is 1. The molecule has 2 unspecified atom stereocenters. The predicted molar refractivity (Wildman–Crippen MR) is 64.9 cm³/mol. The molecule has 1 saturated heterocycles. The zero-order valence-corrected chi connectivity index (χ0v) is 9.82. The van der Waals surface area contributed by atoms with Crippen molar-refractivity contribution in [1.82, 2.24) is 4.90 Å². The summed E-state index contributed by atoms with van der Waals surface area (Å²) >= 11 is 0. The number of rotatable bonds is 2. The van der Waals surface area contributed by atoms with Crippen LogP contribution in [0.25, 0.3) is 0 Å². The monoisotopic (exact) mass is 203 g/mol. The molecule has 15 heavy (non-hydrogen) atoms. The van der Waals surface area contributed by atoms with Crippen LogP contribution < -0.4 is 0 Å². The van der Waals surface area contributed by atoms with Gasteiger partial charge in [0.15, 0.2) is 0 Å². The molecule has 1 aromatic carbocycles. The SMILES string of the molecule is CC1CCN(C)CC1Cc1ccccc1. The smallest absolute Gasteiger partial charge is 0.00123 e. The summed E-state index contributed by atoms with van der Waals surface area (Å²) in [5.74, 6) is 1.72. The molecule has 1 heteroatoms. The molecule has 2 rings (SSSR count). The molecule has 0 amide bonds. The lowest BCUT2D eigenvalue weighted by Gasteiger charge is -2.35. The predicted octanol–water partition coefficient (Wildman–Crippen LogP) is 2.82. The van der Waals surface area contributed by atoms with Crippen molar-refractivity contribution in [3.8, 4) is 0 Å². The topological polar surface area (TPSA) is 3.24 Å². The third-order valence-corrected chi connectivity index (χ3v) is 3.66. The molecular weight excluding hydrogens is 182 g/mol. The minimum atomic E-state index is 0.839. The van der Waals surface area contributed by atoms with E-state index in [1.165, 1.54) is 31.5 Å². The maximum Gasteiger partial charge on any atom is 0.00123 e. The minimum absolute atomic E-state index is 0.839. The van der Waals surface area contributed by atoms with Crippen molar-refractivity contribution in [2.75, 3.05) is 20.1 Å². The highest BCUT2D eigenvalue weighted by molar-refractivity contribution is 5.15. The van der Waals surface area contributed by atoms with Crippen molar-refractivity contribution in [1.29, 1.82) is 0 Å². The van der Waals surface area contributed by atoms with Crippen LogP contribution in [0, 0.1) is 11.8 Å². The number of piperidine rings is 1. The Morgan fingerprint density at radius 3 is 2.73 bits per heavy atom. The Hall–Kier alpha value is -0.820. The number of hydrogen-bond donors (Lipinski definition) is 0. The van der Waals surface area contributed by atoms with Crippen LogP contribution in [0.3, 0.4) is 0 Å². The Bertz CT molecular complexity index is 293. The fraction of sp³-hybridized carbons (Fsp3) is 0.571. The van der Waals surface area contributed by atoms with Gasteiger partial charge in [0.05, 0.1) is 0 Å². The standard InChI is InChI=1S/C14H21N/c1-12-8-9-15(2)11-14(12)10-13-6-4-3-5-7-13/h3-7,12,14H,8-11H2,1-2H3. The molecule has 0 N–H and O–H groups in total. The quantitative estimate of drug-likeness (QED) is 0.714. The van der Waals surface area contributed by atoms with Gasteiger partial charge in [-0.1, -0.05) is 37.3 Å². The summed E-state index contributed by atoms with van der Waals surface area (Å²) in [6, 6.07) is 10.9. The maximum absolute atomic E-state index is 2.47. The zero-order valence-electron chi connectivity index (χ0n) is 9.82. The lowest BCUT2D eigenvalue weighted by molar-refractivity contribution is 0.153. The first-order valence-corrected chi connectivity index (χ1v) is 5.98. The molecule has 0 radical (unpaired) electrons. The summed E-state index contributed by atoms with van der Waals surface area (Å²) in [4.78, 5) is 2.47. The number of hydrogen-bond acceptors (Lipinski definition) is 1. The summed E-state index contributed by atoms with van der Waals surface area (Å²) in [6.45, 7) is 4.93. The summed E-state index contributed by atoms with van der Waals surface area (Å²) in [7, 11) is 2.24. The second-order valence-corrected chi connectivity index (χ2v) is 4.98. The van der Waals surface area contributed by atoms with E-state index in [2.05, 4.69) is 49.2 Å². The third-order valence-electron chi connectivity index (χ3n) is 3.66. The molecule has 0 aromatic heterocycles. The largest absolute Gasteiger partial charge is 0.306 e. The highest BCUT2D eigenvalue weighted by Crippen LogP contribution is 2.25. The van der Waals surface area contributed by atoms with Gasteiger partial charge in [-0.2, -0.15) is 0 Å². The van der Waals surface area contributed by atoms with Crippen molar-refractivity contribution in [3.05, 3.63) is 35.9 Å². The molecule has 1 aliphatic rings. The Morgan fingerprint density at radius 1 is 1.27 bits per heavy atom. The van der Waals surface area contributed by atoms with Crippen LogP contribution >= 0.6 is 0 Å². The molecule has 0 aliphatic carbocycles. The van der Waals surface area contributed by atoms with E-state index in [-0.39, 0.29) is 0 Å². The van der Waals surface area contributed by atoms with Gasteiger partial charge in [0.1, 0.15) is 0 Å². The van der Waals surface area contributed by atoms with E-state index >= 15 is 0 Å². The molecule has 1 nitrogen and oxygen atoms in total. The van der Waals surface area contributed by atoms with Crippen LogP contribution in [0.15, 0.2) is 30.3 Å². The van der Waals surface area contributed by atoms with Gasteiger partial charge in [-0.25, -0.2) is 0 Å². The van der Waals surface area contributed by atoms with Crippen molar-refractivity contribution >= 4 is 0 Å². The van der Waals surface area contributed by atoms with Crippen molar-refractivity contribution in [2.24, 2.45) is 11.8 Å². The van der Waals surface area contributed by atoms with Crippen LogP contribution in [0.1, 0.15) is 18.9 Å². The van der Waals surface area contributed by atoms with Gasteiger partial charge in [0.25, 0.3) is 0 Å². The van der Waals surface area contributed by atoms with Crippen molar-refractivity contribution in [2.45, 2.75) is 19.8 Å². The number of likely N-dealkylation sites (tertiary alicyclic amines) is 1. The summed E-state index contributed by atoms with van der Waals surface area (Å²) in [5, 5.41) is 0. The van der Waals surface area contributed by atoms with E-state index in [1.54, 1.807) is 0 Å². The van der Waals surface area contributed by atoms with Gasteiger partial charge in [0.2, 0.25) is 0 Å². The van der Waals surface area contributed by atoms with Crippen LogP contribution in [-0.4, -0.2) is 25.0 Å². The first kappa shape index (κ1) is 10.7. The van der Waals surface area contributed by atoms with Gasteiger partial charge in [-0.05, 0) is 43.8 Å². The van der Waals surface area contributed by atoms with E-state index in [0.717, 1.165) is 11.8 Å². The van der Waals surface area contributed by atoms with Crippen molar-refractivity contribution < 1.29 is 0 Å². The highest BCUT2D eigenvalue weighted by Gasteiger charge is 2.23. The molecule has 0 spiro atoms. The molecule has 2 atom stereocenters. The normalized spacial score (nSPS) is 27.9. The van der Waals surface area contributed by atoms with Gasteiger partial charge < -0.3 is 4.90 Å². The molecule has 82 valence electrons. The van der Waals surface area contributed by atoms with E-state index in [0.29, 0.717) is 0 Å². The highest BCUT2D eigenvalue weighted by atomic mass is 15.1. The van der Waals surface area contributed by atoms with E-state index in [4.69, 9.17) is 0 Å². The molecule has 1 aliphatic heterocycles. The van der Waals surface area contributed by atoms with Gasteiger partial charge in [0, 0.05) is 6.54 Å². The Kier molecular flexibility index (Phi) is 3.42. The van der Waals surface area contributed by atoms with E-state index in [9.17, 15) is 0 Å². The Morgan fingerprint density at radius 2 is 2.00 bits per heavy atom. The molecule has 1 aromatic rings. The van der Waals surface area contributed by atoms with Gasteiger partial charge in [-0.15, -0.1) is 0 Å². The molecule has 1 fully saturated rings. The lowest BCUT2D eigenvalue weighted by atomic mass is 9.83. The number of benzene rings is 1. The van der Waals surface area contributed by atoms with Crippen LogP contribution in [0.4, 0.5) is 0 Å². The fourth-order valence-electron chi connectivity index (χ4n) is 2.51.